The highest BCUT2D eigenvalue weighted by Gasteiger charge is 2.57. The van der Waals surface area contributed by atoms with Gasteiger partial charge < -0.3 is 14.8 Å². The van der Waals surface area contributed by atoms with Crippen molar-refractivity contribution in [3.05, 3.63) is 35.9 Å². The van der Waals surface area contributed by atoms with Crippen LogP contribution in [0.4, 0.5) is 11.8 Å². The monoisotopic (exact) mass is 590 g/mol. The van der Waals surface area contributed by atoms with E-state index in [0.29, 0.717) is 28.8 Å². The minimum Gasteiger partial charge on any atom is -0.365 e. The van der Waals surface area contributed by atoms with Gasteiger partial charge in [0.15, 0.2) is 11.5 Å². The van der Waals surface area contributed by atoms with E-state index in [1.807, 2.05) is 0 Å². The van der Waals surface area contributed by atoms with Crippen LogP contribution in [0, 0.1) is 17.3 Å². The number of anilines is 2. The average Bonchev–Trinajstić information content (AvgIpc) is 3.49. The van der Waals surface area contributed by atoms with Gasteiger partial charge in [-0.2, -0.15) is 15.0 Å². The smallest absolute Gasteiger partial charge is 0.250 e. The Labute approximate surface area is 250 Å². The van der Waals surface area contributed by atoms with Gasteiger partial charge in [-0.05, 0) is 93.9 Å². The molecular formula is C33H46N6O2S. The molecule has 1 aromatic carbocycles. The minimum absolute atomic E-state index is 0.137. The third kappa shape index (κ3) is 4.99. The molecule has 1 saturated heterocycles. The van der Waals surface area contributed by atoms with E-state index in [1.165, 1.54) is 69.6 Å². The number of nitrogens with zero attached hydrogens (tertiary/aromatic N) is 5. The van der Waals surface area contributed by atoms with Gasteiger partial charge in [-0.3, -0.25) is 0 Å². The molecule has 0 radical (unpaired) electrons. The van der Waals surface area contributed by atoms with Gasteiger partial charge in [-0.1, -0.05) is 50.1 Å². The van der Waals surface area contributed by atoms with Crippen LogP contribution in [0.15, 0.2) is 35.5 Å². The Kier molecular flexibility index (Phi) is 7.22. The maximum absolute atomic E-state index is 12.8. The number of hydrogen-bond acceptors (Lipinski definition) is 7. The summed E-state index contributed by atoms with van der Waals surface area (Å²) >= 11 is 0. The van der Waals surface area contributed by atoms with Gasteiger partial charge in [0.25, 0.3) is 5.16 Å². The first-order chi connectivity index (χ1) is 20.3. The van der Waals surface area contributed by atoms with Crippen molar-refractivity contribution >= 4 is 32.8 Å². The molecule has 226 valence electrons. The normalized spacial score (nSPS) is 29.0. The lowest BCUT2D eigenvalue weighted by Crippen LogP contribution is -2.35. The van der Waals surface area contributed by atoms with Crippen LogP contribution < -0.4 is 10.2 Å². The molecule has 2 aromatic heterocycles. The number of sulfone groups is 1. The van der Waals surface area contributed by atoms with Crippen LogP contribution >= 0.6 is 0 Å². The largest absolute Gasteiger partial charge is 0.365 e. The molecule has 4 fully saturated rings. The van der Waals surface area contributed by atoms with Gasteiger partial charge in [-0.25, -0.2) is 8.42 Å². The molecule has 1 N–H and O–H groups in total. The molecule has 4 aliphatic rings. The lowest BCUT2D eigenvalue weighted by atomic mass is 9.78. The molecule has 7 rings (SSSR count). The fourth-order valence-electron chi connectivity index (χ4n) is 8.09. The molecular weight excluding hydrogens is 544 g/mol. The zero-order valence-corrected chi connectivity index (χ0v) is 26.2. The van der Waals surface area contributed by atoms with Gasteiger partial charge >= 0.3 is 0 Å². The molecule has 0 bridgehead atoms. The first-order valence-corrected chi connectivity index (χ1v) is 18.2. The van der Waals surface area contributed by atoms with Crippen LogP contribution in [0.25, 0.3) is 11.2 Å². The second-order valence-electron chi connectivity index (χ2n) is 13.8. The van der Waals surface area contributed by atoms with Crippen molar-refractivity contribution in [3.8, 4) is 0 Å². The van der Waals surface area contributed by atoms with Crippen molar-refractivity contribution in [1.29, 1.82) is 0 Å². The predicted molar refractivity (Wildman–Crippen MR) is 168 cm³/mol. The Bertz CT molecular complexity index is 1540. The summed E-state index contributed by atoms with van der Waals surface area (Å²) < 4.78 is 28.1. The molecule has 3 atom stereocenters. The molecule has 3 saturated carbocycles. The number of hydrogen-bond donors (Lipinski definition) is 1. The molecule has 3 heterocycles. The number of benzene rings is 1. The number of imidazole rings is 1. The van der Waals surface area contributed by atoms with Crippen molar-refractivity contribution in [2.24, 2.45) is 17.3 Å². The molecule has 2 unspecified atom stereocenters. The molecule has 1 aliphatic heterocycles. The minimum atomic E-state index is -3.61. The van der Waals surface area contributed by atoms with Crippen molar-refractivity contribution in [1.82, 2.24) is 19.5 Å². The highest BCUT2D eigenvalue weighted by molar-refractivity contribution is 7.90. The van der Waals surface area contributed by atoms with Crippen LogP contribution in [0.5, 0.6) is 0 Å². The van der Waals surface area contributed by atoms with Crippen molar-refractivity contribution in [3.63, 3.8) is 0 Å². The van der Waals surface area contributed by atoms with E-state index >= 15 is 0 Å². The van der Waals surface area contributed by atoms with E-state index in [9.17, 15) is 8.42 Å². The van der Waals surface area contributed by atoms with Gasteiger partial charge in [0.2, 0.25) is 15.8 Å². The van der Waals surface area contributed by atoms with E-state index in [2.05, 4.69) is 63.9 Å². The summed E-state index contributed by atoms with van der Waals surface area (Å²) in [6, 6.07) is 11.6. The van der Waals surface area contributed by atoms with Crippen LogP contribution in [-0.4, -0.2) is 46.8 Å². The number of piperidine rings is 1. The standard InChI is InChI=1S/C33H46N6O2S/c1-4-23-16-18-33(19-17-23)21-27(33)39-28-29(34-22(2)24-13-10-14-24)35-31(42(3,40)41)36-30(28)37-32(39)38-20-9-8-15-26(38)25-11-6-5-7-12-25/h5-7,11-12,22-24,26-27H,4,8-10,13-21H2,1-3H3,(H,34,35,36)/t22-,23?,26?,27?,33?/m1/s1. The van der Waals surface area contributed by atoms with Crippen molar-refractivity contribution < 1.29 is 8.42 Å². The van der Waals surface area contributed by atoms with Crippen LogP contribution in [0.2, 0.25) is 0 Å². The summed E-state index contributed by atoms with van der Waals surface area (Å²) in [7, 11) is -3.61. The Morgan fingerprint density at radius 2 is 1.76 bits per heavy atom. The maximum Gasteiger partial charge on any atom is 0.250 e. The Hall–Kier alpha value is -2.68. The number of fused-ring (bicyclic) bond motifs is 1. The average molecular weight is 591 g/mol. The number of rotatable bonds is 8. The maximum atomic E-state index is 12.8. The highest BCUT2D eigenvalue weighted by atomic mass is 32.2. The summed E-state index contributed by atoms with van der Waals surface area (Å²) in [5.41, 5.74) is 2.99. The fourth-order valence-corrected chi connectivity index (χ4v) is 8.60. The van der Waals surface area contributed by atoms with Crippen molar-refractivity contribution in [2.45, 2.75) is 114 Å². The zero-order valence-electron chi connectivity index (χ0n) is 25.4. The molecule has 1 spiro atoms. The topological polar surface area (TPSA) is 93.0 Å². The second kappa shape index (κ2) is 10.8. The van der Waals surface area contributed by atoms with E-state index in [0.717, 1.165) is 43.2 Å². The van der Waals surface area contributed by atoms with Gasteiger partial charge in [-0.15, -0.1) is 0 Å². The Balaban J connectivity index is 1.39. The SMILES string of the molecule is CCC1CCC2(CC1)CC2n1c(N2CCCCC2c2ccccc2)nc2nc(S(C)(=O)=O)nc(N[C@H](C)C3CCC3)c21. The summed E-state index contributed by atoms with van der Waals surface area (Å²) in [4.78, 5) is 17.1. The van der Waals surface area contributed by atoms with E-state index < -0.39 is 9.84 Å². The summed E-state index contributed by atoms with van der Waals surface area (Å²) in [6.07, 6.45) is 15.7. The third-order valence-electron chi connectivity index (χ3n) is 11.1. The molecule has 3 aliphatic carbocycles. The van der Waals surface area contributed by atoms with Crippen LogP contribution in [0.1, 0.15) is 109 Å². The van der Waals surface area contributed by atoms with Crippen LogP contribution in [-0.2, 0) is 9.84 Å². The van der Waals surface area contributed by atoms with E-state index in [4.69, 9.17) is 9.97 Å². The summed E-state index contributed by atoms with van der Waals surface area (Å²) in [6.45, 7) is 5.46. The number of aromatic nitrogens is 4. The first kappa shape index (κ1) is 28.1. The van der Waals surface area contributed by atoms with E-state index in [1.54, 1.807) is 0 Å². The zero-order chi connectivity index (χ0) is 29.1. The van der Waals surface area contributed by atoms with Gasteiger partial charge in [0.05, 0.1) is 6.04 Å². The highest BCUT2D eigenvalue weighted by Crippen LogP contribution is 2.66. The van der Waals surface area contributed by atoms with Crippen molar-refractivity contribution in [2.75, 3.05) is 23.0 Å². The van der Waals surface area contributed by atoms with E-state index in [-0.39, 0.29) is 17.2 Å². The third-order valence-corrected chi connectivity index (χ3v) is 12.0. The molecule has 8 nitrogen and oxygen atoms in total. The lowest BCUT2D eigenvalue weighted by molar-refractivity contribution is 0.235. The second-order valence-corrected chi connectivity index (χ2v) is 15.7. The molecule has 0 amide bonds. The summed E-state index contributed by atoms with van der Waals surface area (Å²) in [5, 5.41) is 3.56. The van der Waals surface area contributed by atoms with Gasteiger partial charge in [0.1, 0.15) is 5.52 Å². The lowest BCUT2D eigenvalue weighted by Gasteiger charge is -2.38. The Morgan fingerprint density at radius 1 is 1.00 bits per heavy atom. The predicted octanol–water partition coefficient (Wildman–Crippen LogP) is 7.09. The van der Waals surface area contributed by atoms with Gasteiger partial charge in [0, 0.05) is 24.9 Å². The summed E-state index contributed by atoms with van der Waals surface area (Å²) in [5.74, 6) is 2.99. The Morgan fingerprint density at radius 3 is 2.43 bits per heavy atom. The molecule has 9 heteroatoms. The first-order valence-electron chi connectivity index (χ1n) is 16.4. The fraction of sp³-hybridized carbons (Fsp3) is 0.667. The molecule has 42 heavy (non-hydrogen) atoms. The molecule has 3 aromatic rings. The number of nitrogens with one attached hydrogen (secondary N) is 1. The quantitative estimate of drug-likeness (QED) is 0.280. The van der Waals surface area contributed by atoms with Crippen LogP contribution in [0.3, 0.4) is 0 Å².